The highest BCUT2D eigenvalue weighted by Crippen LogP contribution is 2.10. The third-order valence-corrected chi connectivity index (χ3v) is 1.69. The molecule has 0 rings (SSSR count). The smallest absolute Gasteiger partial charge is 0.251 e. The zero-order valence-corrected chi connectivity index (χ0v) is 8.92. The molecule has 0 unspecified atom stereocenters. The molecule has 0 aliphatic carbocycles. The van der Waals surface area contributed by atoms with Crippen LogP contribution in [-0.4, -0.2) is 5.91 Å². The van der Waals surface area contributed by atoms with E-state index < -0.39 is 0 Å². The average molecular weight is 181 g/mol. The number of nitrogens with one attached hydrogen (secondary N) is 1. The number of amides is 1. The summed E-state index contributed by atoms with van der Waals surface area (Å²) in [4.78, 5) is 11.5. The van der Waals surface area contributed by atoms with Crippen LogP contribution < -0.4 is 5.32 Å². The van der Waals surface area contributed by atoms with Gasteiger partial charge in [-0.15, -0.1) is 0 Å². The van der Waals surface area contributed by atoms with E-state index in [0.29, 0.717) is 0 Å². The zero-order chi connectivity index (χ0) is 10.3. The van der Waals surface area contributed by atoms with Gasteiger partial charge in [-0.2, -0.15) is 0 Å². The number of hydrogen-bond acceptors (Lipinski definition) is 1. The van der Waals surface area contributed by atoms with Crippen LogP contribution in [0.4, 0.5) is 0 Å². The van der Waals surface area contributed by atoms with E-state index in [2.05, 4.69) is 5.32 Å². The Bertz CT molecular complexity index is 214. The lowest BCUT2D eigenvalue weighted by Gasteiger charge is -2.09. The average Bonchev–Trinajstić information content (AvgIpc) is 2.09. The number of allylic oxidation sites excluding steroid dienone is 2. The fourth-order valence-electron chi connectivity index (χ4n) is 1.05. The summed E-state index contributed by atoms with van der Waals surface area (Å²) in [6.07, 6.45) is 6.34. The van der Waals surface area contributed by atoms with Crippen molar-refractivity contribution in [2.45, 2.75) is 34.1 Å². The monoisotopic (exact) mass is 181 g/mol. The van der Waals surface area contributed by atoms with Crippen LogP contribution in [0, 0.1) is 5.92 Å². The summed E-state index contributed by atoms with van der Waals surface area (Å²) >= 11 is 0. The van der Waals surface area contributed by atoms with E-state index in [1.54, 1.807) is 6.20 Å². The molecule has 2 nitrogen and oxygen atoms in total. The molecule has 0 heterocycles. The molecule has 0 saturated heterocycles. The molecule has 0 saturated carbocycles. The zero-order valence-electron chi connectivity index (χ0n) is 8.92. The molecule has 2 heteroatoms. The Kier molecular flexibility index (Phi) is 5.94. The summed E-state index contributed by atoms with van der Waals surface area (Å²) in [6.45, 7) is 7.96. The Hall–Kier alpha value is -1.05. The van der Waals surface area contributed by atoms with E-state index in [1.807, 2.05) is 39.8 Å². The van der Waals surface area contributed by atoms with Crippen LogP contribution in [-0.2, 0) is 4.79 Å². The second kappa shape index (κ2) is 6.46. The molecule has 0 aromatic rings. The van der Waals surface area contributed by atoms with E-state index in [0.717, 1.165) is 12.0 Å². The van der Waals surface area contributed by atoms with Gasteiger partial charge in [-0.1, -0.05) is 32.9 Å². The SMILES string of the molecule is C/C=C\NC(=O)/C(=C\CC)C(C)C. The Morgan fingerprint density at radius 3 is 2.46 bits per heavy atom. The van der Waals surface area contributed by atoms with Crippen molar-refractivity contribution in [2.75, 3.05) is 0 Å². The highest BCUT2D eigenvalue weighted by atomic mass is 16.1. The topological polar surface area (TPSA) is 29.1 Å². The second-order valence-electron chi connectivity index (χ2n) is 3.20. The first-order valence-corrected chi connectivity index (χ1v) is 4.75. The molecule has 0 spiro atoms. The van der Waals surface area contributed by atoms with E-state index in [-0.39, 0.29) is 11.8 Å². The van der Waals surface area contributed by atoms with Crippen molar-refractivity contribution in [1.82, 2.24) is 5.32 Å². The molecule has 0 aliphatic rings. The molecule has 0 radical (unpaired) electrons. The molecular weight excluding hydrogens is 162 g/mol. The largest absolute Gasteiger partial charge is 0.329 e. The van der Waals surface area contributed by atoms with Crippen LogP contribution >= 0.6 is 0 Å². The first-order chi connectivity index (χ1) is 6.13. The van der Waals surface area contributed by atoms with E-state index in [4.69, 9.17) is 0 Å². The molecule has 0 bridgehead atoms. The predicted octanol–water partition coefficient (Wildman–Crippen LogP) is 2.63. The van der Waals surface area contributed by atoms with Crippen LogP contribution in [0.3, 0.4) is 0 Å². The Morgan fingerprint density at radius 1 is 1.46 bits per heavy atom. The van der Waals surface area contributed by atoms with Crippen molar-refractivity contribution in [3.63, 3.8) is 0 Å². The molecular formula is C11H19NO. The van der Waals surface area contributed by atoms with Gasteiger partial charge in [0.15, 0.2) is 0 Å². The first-order valence-electron chi connectivity index (χ1n) is 4.75. The normalized spacial score (nSPS) is 12.5. The predicted molar refractivity (Wildman–Crippen MR) is 56.2 cm³/mol. The summed E-state index contributed by atoms with van der Waals surface area (Å²) in [5.74, 6) is 0.292. The number of hydrogen-bond donors (Lipinski definition) is 1. The maximum Gasteiger partial charge on any atom is 0.251 e. The minimum atomic E-state index is 0.00921. The lowest BCUT2D eigenvalue weighted by Crippen LogP contribution is -2.22. The van der Waals surface area contributed by atoms with E-state index >= 15 is 0 Å². The van der Waals surface area contributed by atoms with E-state index in [9.17, 15) is 4.79 Å². The van der Waals surface area contributed by atoms with Crippen molar-refractivity contribution in [2.24, 2.45) is 5.92 Å². The van der Waals surface area contributed by atoms with Crippen LogP contribution in [0.15, 0.2) is 23.9 Å². The minimum Gasteiger partial charge on any atom is -0.329 e. The summed E-state index contributed by atoms with van der Waals surface area (Å²) in [7, 11) is 0. The lowest BCUT2D eigenvalue weighted by atomic mass is 10.0. The van der Waals surface area contributed by atoms with Crippen LogP contribution in [0.1, 0.15) is 34.1 Å². The Labute approximate surface area is 80.7 Å². The molecule has 0 aromatic heterocycles. The summed E-state index contributed by atoms with van der Waals surface area (Å²) in [6, 6.07) is 0. The third kappa shape index (κ3) is 4.51. The molecule has 1 N–H and O–H groups in total. The van der Waals surface area contributed by atoms with Gasteiger partial charge in [-0.25, -0.2) is 0 Å². The lowest BCUT2D eigenvalue weighted by molar-refractivity contribution is -0.117. The fraction of sp³-hybridized carbons (Fsp3) is 0.545. The fourth-order valence-corrected chi connectivity index (χ4v) is 1.05. The molecule has 0 fully saturated rings. The first kappa shape index (κ1) is 11.9. The third-order valence-electron chi connectivity index (χ3n) is 1.69. The van der Waals surface area contributed by atoms with Crippen molar-refractivity contribution in [3.8, 4) is 0 Å². The number of carbonyl (C=O) groups excluding carboxylic acids is 1. The Morgan fingerprint density at radius 2 is 2.08 bits per heavy atom. The Balaban J connectivity index is 4.38. The molecule has 74 valence electrons. The van der Waals surface area contributed by atoms with Gasteiger partial charge in [0.25, 0.3) is 5.91 Å². The maximum absolute atomic E-state index is 11.5. The summed E-state index contributed by atoms with van der Waals surface area (Å²) < 4.78 is 0. The van der Waals surface area contributed by atoms with Crippen LogP contribution in [0.5, 0.6) is 0 Å². The van der Waals surface area contributed by atoms with Gasteiger partial charge in [0.1, 0.15) is 0 Å². The van der Waals surface area contributed by atoms with Gasteiger partial charge in [-0.05, 0) is 25.5 Å². The quantitative estimate of drug-likeness (QED) is 0.664. The molecule has 13 heavy (non-hydrogen) atoms. The highest BCUT2D eigenvalue weighted by molar-refractivity contribution is 5.94. The van der Waals surface area contributed by atoms with Gasteiger partial charge in [-0.3, -0.25) is 4.79 Å². The minimum absolute atomic E-state index is 0.00921. The van der Waals surface area contributed by atoms with Crippen molar-refractivity contribution >= 4 is 5.91 Å². The summed E-state index contributed by atoms with van der Waals surface area (Å²) in [5, 5.41) is 2.71. The van der Waals surface area contributed by atoms with Gasteiger partial charge >= 0.3 is 0 Å². The van der Waals surface area contributed by atoms with Gasteiger partial charge in [0.2, 0.25) is 0 Å². The van der Waals surface area contributed by atoms with Gasteiger partial charge < -0.3 is 5.32 Å². The number of carbonyl (C=O) groups is 1. The van der Waals surface area contributed by atoms with Crippen molar-refractivity contribution in [1.29, 1.82) is 0 Å². The second-order valence-corrected chi connectivity index (χ2v) is 3.20. The summed E-state index contributed by atoms with van der Waals surface area (Å²) in [5.41, 5.74) is 0.862. The van der Waals surface area contributed by atoms with Crippen molar-refractivity contribution < 1.29 is 4.79 Å². The molecule has 0 aliphatic heterocycles. The standard InChI is InChI=1S/C11H19NO/c1-5-7-10(9(3)4)11(13)12-8-6-2/h6-9H,5H2,1-4H3,(H,12,13)/b8-6-,10-7-. The molecule has 0 atom stereocenters. The molecule has 0 aromatic carbocycles. The van der Waals surface area contributed by atoms with Crippen LogP contribution in [0.2, 0.25) is 0 Å². The van der Waals surface area contributed by atoms with Gasteiger partial charge in [0, 0.05) is 5.57 Å². The number of rotatable bonds is 4. The maximum atomic E-state index is 11.5. The highest BCUT2D eigenvalue weighted by Gasteiger charge is 2.10. The molecule has 1 amide bonds. The van der Waals surface area contributed by atoms with Gasteiger partial charge in [0.05, 0.1) is 0 Å². The van der Waals surface area contributed by atoms with Crippen LogP contribution in [0.25, 0.3) is 0 Å². The van der Waals surface area contributed by atoms with E-state index in [1.165, 1.54) is 0 Å². The van der Waals surface area contributed by atoms with Crippen molar-refractivity contribution in [3.05, 3.63) is 23.9 Å².